The number of para-hydroxylation sites is 1. The molecule has 0 fully saturated rings. The maximum absolute atomic E-state index is 6.29. The van der Waals surface area contributed by atoms with Crippen LogP contribution in [-0.4, -0.2) is 0 Å². The molecule has 0 radical (unpaired) electrons. The Hall–Kier alpha value is -1.99. The minimum Gasteiger partial charge on any atom is -0.354 e. The molecular formula is C16H12ClN. The third-order valence-electron chi connectivity index (χ3n) is 2.89. The third kappa shape index (κ3) is 2.18. The number of nitrogens with one attached hydrogen (secondary N) is 1. The van der Waals surface area contributed by atoms with E-state index < -0.39 is 0 Å². The lowest BCUT2D eigenvalue weighted by Crippen LogP contribution is -1.90. The van der Waals surface area contributed by atoms with E-state index in [1.54, 1.807) is 0 Å². The van der Waals surface area contributed by atoms with E-state index in [1.165, 1.54) is 5.39 Å². The highest BCUT2D eigenvalue weighted by molar-refractivity contribution is 6.34. The maximum Gasteiger partial charge on any atom is 0.0647 e. The minimum absolute atomic E-state index is 0.734. The molecule has 88 valence electrons. The summed E-state index contributed by atoms with van der Waals surface area (Å²) in [5, 5.41) is 6.40. The Morgan fingerprint density at radius 2 is 1.33 bits per heavy atom. The van der Waals surface area contributed by atoms with Crippen LogP contribution < -0.4 is 5.32 Å². The van der Waals surface area contributed by atoms with Crippen LogP contribution in [0.2, 0.25) is 5.02 Å². The van der Waals surface area contributed by atoms with E-state index in [2.05, 4.69) is 23.5 Å². The lowest BCUT2D eigenvalue weighted by molar-refractivity contribution is 1.57. The Morgan fingerprint density at radius 3 is 2.06 bits per heavy atom. The smallest absolute Gasteiger partial charge is 0.0647 e. The second kappa shape index (κ2) is 4.71. The second-order valence-corrected chi connectivity index (χ2v) is 4.58. The molecule has 0 aliphatic carbocycles. The first-order chi connectivity index (χ1) is 8.83. The van der Waals surface area contributed by atoms with Crippen molar-refractivity contribution in [2.75, 3.05) is 5.32 Å². The summed E-state index contributed by atoms with van der Waals surface area (Å²) in [5.74, 6) is 0. The molecular weight excluding hydrogens is 242 g/mol. The van der Waals surface area contributed by atoms with Crippen LogP contribution in [-0.2, 0) is 0 Å². The number of anilines is 2. The molecule has 0 aromatic heterocycles. The van der Waals surface area contributed by atoms with Crippen LogP contribution in [0.15, 0.2) is 66.7 Å². The predicted octanol–water partition coefficient (Wildman–Crippen LogP) is 5.24. The number of halogens is 1. The molecule has 2 heteroatoms. The van der Waals surface area contributed by atoms with Gasteiger partial charge in [-0.3, -0.25) is 0 Å². The number of hydrogen-bond donors (Lipinski definition) is 1. The molecule has 3 aromatic rings. The fourth-order valence-electron chi connectivity index (χ4n) is 1.99. The van der Waals surface area contributed by atoms with Crippen molar-refractivity contribution in [1.82, 2.24) is 0 Å². The van der Waals surface area contributed by atoms with Gasteiger partial charge in [0.25, 0.3) is 0 Å². The molecule has 1 N–H and O–H groups in total. The molecule has 0 saturated heterocycles. The fourth-order valence-corrected chi connectivity index (χ4v) is 2.20. The van der Waals surface area contributed by atoms with E-state index in [0.29, 0.717) is 0 Å². The van der Waals surface area contributed by atoms with Crippen LogP contribution in [0, 0.1) is 0 Å². The lowest BCUT2D eigenvalue weighted by atomic mass is 10.1. The van der Waals surface area contributed by atoms with Crippen molar-refractivity contribution < 1.29 is 0 Å². The lowest BCUT2D eigenvalue weighted by Gasteiger charge is -2.09. The highest BCUT2D eigenvalue weighted by Gasteiger charge is 2.03. The van der Waals surface area contributed by atoms with Crippen LogP contribution in [0.5, 0.6) is 0 Å². The number of rotatable bonds is 2. The molecule has 0 bridgehead atoms. The SMILES string of the molecule is Clc1cc2ccccc2cc1Nc1ccccc1. The summed E-state index contributed by atoms with van der Waals surface area (Å²) in [4.78, 5) is 0. The average Bonchev–Trinajstić information content (AvgIpc) is 2.41. The monoisotopic (exact) mass is 253 g/mol. The van der Waals surface area contributed by atoms with Crippen molar-refractivity contribution in [1.29, 1.82) is 0 Å². The number of benzene rings is 3. The van der Waals surface area contributed by atoms with Gasteiger partial charge in [0.15, 0.2) is 0 Å². The summed E-state index contributed by atoms with van der Waals surface area (Å²) < 4.78 is 0. The molecule has 18 heavy (non-hydrogen) atoms. The van der Waals surface area contributed by atoms with E-state index in [4.69, 9.17) is 11.6 Å². The topological polar surface area (TPSA) is 12.0 Å². The van der Waals surface area contributed by atoms with Gasteiger partial charge in [0.05, 0.1) is 10.7 Å². The third-order valence-corrected chi connectivity index (χ3v) is 3.20. The highest BCUT2D eigenvalue weighted by atomic mass is 35.5. The molecule has 1 nitrogen and oxygen atoms in total. The van der Waals surface area contributed by atoms with Gasteiger partial charge < -0.3 is 5.32 Å². The van der Waals surface area contributed by atoms with Gasteiger partial charge in [0.1, 0.15) is 0 Å². The van der Waals surface area contributed by atoms with E-state index >= 15 is 0 Å². The highest BCUT2D eigenvalue weighted by Crippen LogP contribution is 2.30. The van der Waals surface area contributed by atoms with Crippen LogP contribution in [0.3, 0.4) is 0 Å². The Balaban J connectivity index is 2.04. The van der Waals surface area contributed by atoms with Gasteiger partial charge in [-0.1, -0.05) is 54.1 Å². The minimum atomic E-state index is 0.734. The molecule has 0 atom stereocenters. The maximum atomic E-state index is 6.29. The van der Waals surface area contributed by atoms with Crippen molar-refractivity contribution in [2.24, 2.45) is 0 Å². The Bertz CT molecular complexity index is 677. The summed E-state index contributed by atoms with van der Waals surface area (Å²) in [7, 11) is 0. The quantitative estimate of drug-likeness (QED) is 0.659. The Morgan fingerprint density at radius 1 is 0.722 bits per heavy atom. The van der Waals surface area contributed by atoms with E-state index in [0.717, 1.165) is 21.8 Å². The number of hydrogen-bond acceptors (Lipinski definition) is 1. The van der Waals surface area contributed by atoms with Gasteiger partial charge in [-0.25, -0.2) is 0 Å². The fraction of sp³-hybridized carbons (Fsp3) is 0. The van der Waals surface area contributed by atoms with Gasteiger partial charge in [-0.05, 0) is 35.0 Å². The summed E-state index contributed by atoms with van der Waals surface area (Å²) in [6.45, 7) is 0. The zero-order valence-electron chi connectivity index (χ0n) is 9.73. The Kier molecular flexibility index (Phi) is 2.91. The van der Waals surface area contributed by atoms with Crippen molar-refractivity contribution in [3.63, 3.8) is 0 Å². The molecule has 0 saturated carbocycles. The second-order valence-electron chi connectivity index (χ2n) is 4.17. The van der Waals surface area contributed by atoms with Crippen LogP contribution in [0.1, 0.15) is 0 Å². The molecule has 0 amide bonds. The van der Waals surface area contributed by atoms with Crippen LogP contribution in [0.4, 0.5) is 11.4 Å². The summed E-state index contributed by atoms with van der Waals surface area (Å²) in [6.07, 6.45) is 0. The van der Waals surface area contributed by atoms with E-state index in [1.807, 2.05) is 48.5 Å². The molecule has 0 aliphatic rings. The standard InChI is InChI=1S/C16H12ClN/c17-15-10-12-6-4-5-7-13(12)11-16(15)18-14-8-2-1-3-9-14/h1-11,18H. The zero-order chi connectivity index (χ0) is 12.4. The van der Waals surface area contributed by atoms with Gasteiger partial charge >= 0.3 is 0 Å². The van der Waals surface area contributed by atoms with Crippen LogP contribution >= 0.6 is 11.6 Å². The van der Waals surface area contributed by atoms with Crippen molar-refractivity contribution in [2.45, 2.75) is 0 Å². The summed E-state index contributed by atoms with van der Waals surface area (Å²) >= 11 is 6.29. The molecule has 3 aromatic carbocycles. The average molecular weight is 254 g/mol. The van der Waals surface area contributed by atoms with E-state index in [-0.39, 0.29) is 0 Å². The van der Waals surface area contributed by atoms with Crippen LogP contribution in [0.25, 0.3) is 10.8 Å². The van der Waals surface area contributed by atoms with E-state index in [9.17, 15) is 0 Å². The molecule has 0 spiro atoms. The van der Waals surface area contributed by atoms with Gasteiger partial charge in [0.2, 0.25) is 0 Å². The predicted molar refractivity (Wildman–Crippen MR) is 78.7 cm³/mol. The van der Waals surface area contributed by atoms with Crippen molar-refractivity contribution in [3.8, 4) is 0 Å². The Labute approximate surface area is 111 Å². The summed E-state index contributed by atoms with van der Waals surface area (Å²) in [5.41, 5.74) is 1.97. The molecule has 0 unspecified atom stereocenters. The molecule has 0 heterocycles. The van der Waals surface area contributed by atoms with Crippen molar-refractivity contribution in [3.05, 3.63) is 71.8 Å². The van der Waals surface area contributed by atoms with Crippen molar-refractivity contribution >= 4 is 33.7 Å². The van der Waals surface area contributed by atoms with Gasteiger partial charge in [-0.15, -0.1) is 0 Å². The zero-order valence-corrected chi connectivity index (χ0v) is 10.5. The molecule has 3 rings (SSSR count). The van der Waals surface area contributed by atoms with Gasteiger partial charge in [0, 0.05) is 5.69 Å². The van der Waals surface area contributed by atoms with Gasteiger partial charge in [-0.2, -0.15) is 0 Å². The molecule has 0 aliphatic heterocycles. The number of fused-ring (bicyclic) bond motifs is 1. The normalized spacial score (nSPS) is 10.5. The first kappa shape index (κ1) is 11.1. The first-order valence-corrected chi connectivity index (χ1v) is 6.21. The summed E-state index contributed by atoms with van der Waals surface area (Å²) in [6, 6.07) is 22.3. The first-order valence-electron chi connectivity index (χ1n) is 5.83. The largest absolute Gasteiger partial charge is 0.354 e.